The van der Waals surface area contributed by atoms with Crippen molar-refractivity contribution in [2.75, 3.05) is 12.9 Å². The summed E-state index contributed by atoms with van der Waals surface area (Å²) in [6, 6.07) is 7.55. The summed E-state index contributed by atoms with van der Waals surface area (Å²) in [5, 5.41) is 13.3. The van der Waals surface area contributed by atoms with Crippen molar-refractivity contribution >= 4 is 11.8 Å². The third kappa shape index (κ3) is 2.90. The van der Waals surface area contributed by atoms with Crippen molar-refractivity contribution in [2.24, 2.45) is 0 Å². The van der Waals surface area contributed by atoms with Gasteiger partial charge in [-0.1, -0.05) is 23.8 Å². The second-order valence-corrected chi connectivity index (χ2v) is 6.28. The summed E-state index contributed by atoms with van der Waals surface area (Å²) >= 11 is 1.73. The van der Waals surface area contributed by atoms with Crippen molar-refractivity contribution in [1.29, 1.82) is 0 Å². The normalized spacial score (nSPS) is 21.7. The fourth-order valence-corrected chi connectivity index (χ4v) is 3.39. The molecule has 18 heavy (non-hydrogen) atoms. The molecule has 0 amide bonds. The molecular weight excluding hydrogens is 242 g/mol. The van der Waals surface area contributed by atoms with E-state index < -0.39 is 0 Å². The maximum absolute atomic E-state index is 9.35. The second-order valence-electron chi connectivity index (χ2n) is 5.21. The van der Waals surface area contributed by atoms with Gasteiger partial charge in [0.2, 0.25) is 0 Å². The first-order chi connectivity index (χ1) is 8.65. The molecular formula is C15H23NOS. The van der Waals surface area contributed by atoms with Crippen LogP contribution in [0.4, 0.5) is 0 Å². The van der Waals surface area contributed by atoms with Gasteiger partial charge in [-0.05, 0) is 44.1 Å². The average molecular weight is 265 g/mol. The van der Waals surface area contributed by atoms with Crippen LogP contribution in [-0.4, -0.2) is 29.3 Å². The van der Waals surface area contributed by atoms with E-state index in [1.165, 1.54) is 29.5 Å². The molecule has 0 aliphatic heterocycles. The highest BCUT2D eigenvalue weighted by Gasteiger charge is 2.25. The molecule has 0 spiro atoms. The molecule has 0 heterocycles. The lowest BCUT2D eigenvalue weighted by molar-refractivity contribution is 0.270. The Labute approximate surface area is 114 Å². The number of benzene rings is 1. The first-order valence-electron chi connectivity index (χ1n) is 6.64. The smallest absolute Gasteiger partial charge is 0.0564 e. The van der Waals surface area contributed by atoms with E-state index >= 15 is 0 Å². The highest BCUT2D eigenvalue weighted by molar-refractivity contribution is 7.99. The van der Waals surface area contributed by atoms with Crippen LogP contribution in [0.5, 0.6) is 0 Å². The summed E-state index contributed by atoms with van der Waals surface area (Å²) in [5.41, 5.74) is 4.27. The van der Waals surface area contributed by atoms with E-state index in [9.17, 15) is 5.11 Å². The van der Waals surface area contributed by atoms with Gasteiger partial charge < -0.3 is 10.4 Å². The van der Waals surface area contributed by atoms with Crippen molar-refractivity contribution in [3.8, 4) is 0 Å². The predicted octanol–water partition coefficient (Wildman–Crippen LogP) is 2.68. The molecule has 3 atom stereocenters. The largest absolute Gasteiger partial charge is 0.395 e. The number of aliphatic hydroxyl groups is 1. The van der Waals surface area contributed by atoms with Crippen LogP contribution in [0.2, 0.25) is 0 Å². The third-order valence-electron chi connectivity index (χ3n) is 3.88. The Balaban J connectivity index is 2.07. The lowest BCUT2D eigenvalue weighted by atomic mass is 10.0. The number of aliphatic hydroxyl groups excluding tert-OH is 1. The molecule has 1 aliphatic carbocycles. The summed E-state index contributed by atoms with van der Waals surface area (Å²) < 4.78 is 0. The van der Waals surface area contributed by atoms with Crippen LogP contribution in [0, 0.1) is 6.92 Å². The summed E-state index contributed by atoms with van der Waals surface area (Å²) in [6.45, 7) is 4.56. The first-order valence-corrected chi connectivity index (χ1v) is 7.93. The van der Waals surface area contributed by atoms with Gasteiger partial charge >= 0.3 is 0 Å². The number of hydrogen-bond acceptors (Lipinski definition) is 3. The lowest BCUT2D eigenvalue weighted by Crippen LogP contribution is -2.39. The molecule has 0 saturated carbocycles. The Morgan fingerprint density at radius 2 is 2.28 bits per heavy atom. The molecule has 1 aromatic carbocycles. The van der Waals surface area contributed by atoms with Crippen LogP contribution >= 0.6 is 11.8 Å². The Hall–Kier alpha value is -0.510. The van der Waals surface area contributed by atoms with Gasteiger partial charge in [0, 0.05) is 17.3 Å². The van der Waals surface area contributed by atoms with E-state index in [0.29, 0.717) is 12.1 Å². The Morgan fingerprint density at radius 3 is 2.94 bits per heavy atom. The fourth-order valence-electron chi connectivity index (χ4n) is 2.76. The standard InChI is InChI=1S/C15H23NOS/c1-10-4-5-12-6-7-14(13(12)8-10)16-11(2)15(9-17)18-3/h4-5,8,11,14-17H,6-7,9H2,1-3H3. The van der Waals surface area contributed by atoms with Gasteiger partial charge in [0.25, 0.3) is 0 Å². The Bertz CT molecular complexity index is 403. The van der Waals surface area contributed by atoms with Crippen LogP contribution in [0.1, 0.15) is 36.1 Å². The summed E-state index contributed by atoms with van der Waals surface area (Å²) in [6.07, 6.45) is 4.41. The first kappa shape index (κ1) is 13.9. The number of thioether (sulfide) groups is 1. The highest BCUT2D eigenvalue weighted by Crippen LogP contribution is 2.32. The van der Waals surface area contributed by atoms with Crippen molar-refractivity contribution in [1.82, 2.24) is 5.32 Å². The van der Waals surface area contributed by atoms with Crippen LogP contribution < -0.4 is 5.32 Å². The van der Waals surface area contributed by atoms with E-state index in [-0.39, 0.29) is 11.9 Å². The molecule has 0 saturated heterocycles. The second kappa shape index (κ2) is 6.09. The van der Waals surface area contributed by atoms with Gasteiger partial charge in [-0.3, -0.25) is 0 Å². The summed E-state index contributed by atoms with van der Waals surface area (Å²) in [4.78, 5) is 0. The zero-order chi connectivity index (χ0) is 13.1. The van der Waals surface area contributed by atoms with Gasteiger partial charge in [0.05, 0.1) is 6.61 Å². The number of hydrogen-bond donors (Lipinski definition) is 2. The predicted molar refractivity (Wildman–Crippen MR) is 79.2 cm³/mol. The topological polar surface area (TPSA) is 32.3 Å². The molecule has 100 valence electrons. The average Bonchev–Trinajstić information content (AvgIpc) is 2.73. The Kier molecular flexibility index (Phi) is 4.71. The number of rotatable bonds is 5. The fraction of sp³-hybridized carbons (Fsp3) is 0.600. The van der Waals surface area contributed by atoms with E-state index in [4.69, 9.17) is 0 Å². The van der Waals surface area contributed by atoms with Crippen molar-refractivity contribution < 1.29 is 5.11 Å². The molecule has 0 fully saturated rings. The van der Waals surface area contributed by atoms with E-state index in [1.54, 1.807) is 11.8 Å². The minimum atomic E-state index is 0.239. The monoisotopic (exact) mass is 265 g/mol. The van der Waals surface area contributed by atoms with Crippen molar-refractivity contribution in [3.63, 3.8) is 0 Å². The number of nitrogens with one attached hydrogen (secondary N) is 1. The maximum Gasteiger partial charge on any atom is 0.0564 e. The van der Waals surface area contributed by atoms with Gasteiger partial charge in [-0.15, -0.1) is 0 Å². The van der Waals surface area contributed by atoms with Gasteiger partial charge in [0.1, 0.15) is 0 Å². The van der Waals surface area contributed by atoms with Crippen molar-refractivity contribution in [3.05, 3.63) is 34.9 Å². The van der Waals surface area contributed by atoms with E-state index in [2.05, 4.69) is 43.6 Å². The Morgan fingerprint density at radius 1 is 1.50 bits per heavy atom. The molecule has 3 unspecified atom stereocenters. The van der Waals surface area contributed by atoms with Gasteiger partial charge in [-0.25, -0.2) is 0 Å². The van der Waals surface area contributed by atoms with E-state index in [1.807, 2.05) is 0 Å². The molecule has 2 N–H and O–H groups in total. The molecule has 2 rings (SSSR count). The van der Waals surface area contributed by atoms with Crippen LogP contribution in [0.25, 0.3) is 0 Å². The molecule has 1 aliphatic rings. The highest BCUT2D eigenvalue weighted by atomic mass is 32.2. The summed E-state index contributed by atoms with van der Waals surface area (Å²) in [5.74, 6) is 0. The van der Waals surface area contributed by atoms with Gasteiger partial charge in [0.15, 0.2) is 0 Å². The minimum absolute atomic E-state index is 0.239. The SMILES string of the molecule is CSC(CO)C(C)NC1CCc2ccc(C)cc21. The third-order valence-corrected chi connectivity index (χ3v) is 5.05. The maximum atomic E-state index is 9.35. The lowest BCUT2D eigenvalue weighted by Gasteiger charge is -2.25. The van der Waals surface area contributed by atoms with Crippen LogP contribution in [-0.2, 0) is 6.42 Å². The number of aryl methyl sites for hydroxylation is 2. The minimum Gasteiger partial charge on any atom is -0.395 e. The van der Waals surface area contributed by atoms with Crippen LogP contribution in [0.15, 0.2) is 18.2 Å². The molecule has 2 nitrogen and oxygen atoms in total. The molecule has 0 aromatic heterocycles. The molecule has 1 aromatic rings. The summed E-state index contributed by atoms with van der Waals surface area (Å²) in [7, 11) is 0. The zero-order valence-corrected chi connectivity index (χ0v) is 12.3. The quantitative estimate of drug-likeness (QED) is 0.858. The zero-order valence-electron chi connectivity index (χ0n) is 11.4. The molecule has 3 heteroatoms. The molecule has 0 radical (unpaired) electrons. The van der Waals surface area contributed by atoms with Crippen molar-refractivity contribution in [2.45, 2.75) is 44.0 Å². The van der Waals surface area contributed by atoms with E-state index in [0.717, 1.165) is 0 Å². The number of fused-ring (bicyclic) bond motifs is 1. The molecule has 0 bridgehead atoms. The van der Waals surface area contributed by atoms with Gasteiger partial charge in [-0.2, -0.15) is 11.8 Å². The van der Waals surface area contributed by atoms with Crippen LogP contribution in [0.3, 0.4) is 0 Å².